The Hall–Kier alpha value is -2.84. The van der Waals surface area contributed by atoms with Crippen LogP contribution in [-0.2, 0) is 0 Å². The average Bonchev–Trinajstić information content (AvgIpc) is 3.01. The molecule has 0 aliphatic rings. The van der Waals surface area contributed by atoms with E-state index in [-0.39, 0.29) is 12.4 Å². The number of allylic oxidation sites excluding steroid dienone is 1. The molecule has 0 atom stereocenters. The van der Waals surface area contributed by atoms with Crippen LogP contribution in [0.4, 0.5) is 0 Å². The number of hydrogen-bond donors (Lipinski definition) is 0. The molecule has 0 bridgehead atoms. The van der Waals surface area contributed by atoms with Gasteiger partial charge in [0.1, 0.15) is 5.82 Å². The third kappa shape index (κ3) is 3.35. The van der Waals surface area contributed by atoms with Gasteiger partial charge in [0.25, 0.3) is 0 Å². The largest absolute Gasteiger partial charge is 0.293 e. The summed E-state index contributed by atoms with van der Waals surface area (Å²) < 4.78 is 2.21. The summed E-state index contributed by atoms with van der Waals surface area (Å²) in [4.78, 5) is 4.84. The van der Waals surface area contributed by atoms with E-state index in [4.69, 9.17) is 4.98 Å². The highest BCUT2D eigenvalue weighted by Crippen LogP contribution is 2.25. The molecule has 2 nitrogen and oxygen atoms in total. The van der Waals surface area contributed by atoms with Crippen molar-refractivity contribution in [2.75, 3.05) is 0 Å². The molecule has 0 spiro atoms. The molecule has 0 radical (unpaired) electrons. The first-order valence-electron chi connectivity index (χ1n) is 8.09. The minimum Gasteiger partial charge on any atom is -0.293 e. The van der Waals surface area contributed by atoms with Crippen LogP contribution in [0.1, 0.15) is 18.3 Å². The van der Waals surface area contributed by atoms with Crippen molar-refractivity contribution in [1.29, 1.82) is 0 Å². The van der Waals surface area contributed by atoms with Gasteiger partial charge in [-0.05, 0) is 48.4 Å². The molecular weight excluding hydrogens is 328 g/mol. The molecule has 4 aromatic rings. The van der Waals surface area contributed by atoms with Crippen LogP contribution in [-0.4, -0.2) is 9.55 Å². The Morgan fingerprint density at radius 1 is 0.800 bits per heavy atom. The van der Waals surface area contributed by atoms with Gasteiger partial charge in [0, 0.05) is 5.69 Å². The van der Waals surface area contributed by atoms with Gasteiger partial charge < -0.3 is 0 Å². The number of para-hydroxylation sites is 3. The van der Waals surface area contributed by atoms with Crippen LogP contribution in [0.2, 0.25) is 0 Å². The van der Waals surface area contributed by atoms with Crippen LogP contribution in [0.15, 0.2) is 84.9 Å². The molecule has 4 rings (SSSR count). The highest BCUT2D eigenvalue weighted by Gasteiger charge is 2.10. The monoisotopic (exact) mass is 346 g/mol. The van der Waals surface area contributed by atoms with Crippen molar-refractivity contribution >= 4 is 35.1 Å². The fourth-order valence-corrected chi connectivity index (χ4v) is 2.97. The molecule has 0 N–H and O–H groups in total. The SMILES string of the molecule is CC(=Cc1nc2ccccc2n1-c1ccccc1)c1ccccc1.Cl. The maximum Gasteiger partial charge on any atom is 0.138 e. The van der Waals surface area contributed by atoms with Gasteiger partial charge in [-0.3, -0.25) is 4.57 Å². The molecule has 0 unspecified atom stereocenters. The molecule has 0 aliphatic carbocycles. The maximum atomic E-state index is 4.84. The fraction of sp³-hybridized carbons (Fsp3) is 0.0455. The van der Waals surface area contributed by atoms with Crippen molar-refractivity contribution in [2.24, 2.45) is 0 Å². The van der Waals surface area contributed by atoms with E-state index >= 15 is 0 Å². The van der Waals surface area contributed by atoms with Crippen LogP contribution in [0.5, 0.6) is 0 Å². The molecule has 25 heavy (non-hydrogen) atoms. The van der Waals surface area contributed by atoms with Crippen molar-refractivity contribution < 1.29 is 0 Å². The average molecular weight is 347 g/mol. The quantitative estimate of drug-likeness (QED) is 0.444. The molecule has 0 saturated carbocycles. The standard InChI is InChI=1S/C22H18N2.ClH/c1-17(18-10-4-2-5-11-18)16-22-23-20-14-8-9-15-21(20)24(22)19-12-6-3-7-13-19;/h2-16H,1H3;1H. The fourth-order valence-electron chi connectivity index (χ4n) is 2.97. The lowest BCUT2D eigenvalue weighted by Gasteiger charge is -2.08. The van der Waals surface area contributed by atoms with Gasteiger partial charge in [0.15, 0.2) is 0 Å². The summed E-state index contributed by atoms with van der Waals surface area (Å²) in [5, 5.41) is 0. The van der Waals surface area contributed by atoms with Gasteiger partial charge in [-0.15, -0.1) is 12.4 Å². The topological polar surface area (TPSA) is 17.8 Å². The lowest BCUT2D eigenvalue weighted by atomic mass is 10.1. The first-order chi connectivity index (χ1) is 11.8. The number of nitrogens with zero attached hydrogens (tertiary/aromatic N) is 2. The Bertz CT molecular complexity index is 1000. The zero-order valence-corrected chi connectivity index (χ0v) is 14.8. The Morgan fingerprint density at radius 3 is 2.12 bits per heavy atom. The first kappa shape index (κ1) is 17.0. The van der Waals surface area contributed by atoms with Crippen molar-refractivity contribution in [3.63, 3.8) is 0 Å². The molecule has 124 valence electrons. The van der Waals surface area contributed by atoms with E-state index < -0.39 is 0 Å². The molecule has 0 amide bonds. The summed E-state index contributed by atoms with van der Waals surface area (Å²) in [5.41, 5.74) is 5.66. The van der Waals surface area contributed by atoms with Crippen molar-refractivity contribution in [3.8, 4) is 5.69 Å². The van der Waals surface area contributed by atoms with E-state index in [9.17, 15) is 0 Å². The minimum absolute atomic E-state index is 0. The van der Waals surface area contributed by atoms with E-state index in [0.29, 0.717) is 0 Å². The van der Waals surface area contributed by atoms with Gasteiger partial charge in [-0.25, -0.2) is 4.98 Å². The summed E-state index contributed by atoms with van der Waals surface area (Å²) in [5.74, 6) is 0.948. The molecular formula is C22H19ClN2. The number of imidazole rings is 1. The van der Waals surface area contributed by atoms with Crippen LogP contribution in [0.25, 0.3) is 28.4 Å². The Balaban J connectivity index is 0.00000182. The zero-order valence-electron chi connectivity index (χ0n) is 14.0. The summed E-state index contributed by atoms with van der Waals surface area (Å²) >= 11 is 0. The lowest BCUT2D eigenvalue weighted by molar-refractivity contribution is 1.07. The number of fused-ring (bicyclic) bond motifs is 1. The molecule has 3 aromatic carbocycles. The zero-order chi connectivity index (χ0) is 16.4. The first-order valence-corrected chi connectivity index (χ1v) is 8.09. The Morgan fingerprint density at radius 2 is 1.40 bits per heavy atom. The van der Waals surface area contributed by atoms with Gasteiger partial charge >= 0.3 is 0 Å². The number of benzene rings is 3. The predicted molar refractivity (Wildman–Crippen MR) is 108 cm³/mol. The molecule has 0 aliphatic heterocycles. The third-order valence-electron chi connectivity index (χ3n) is 4.18. The summed E-state index contributed by atoms with van der Waals surface area (Å²) in [6, 6.07) is 29.1. The third-order valence-corrected chi connectivity index (χ3v) is 4.18. The summed E-state index contributed by atoms with van der Waals surface area (Å²) in [6.45, 7) is 2.13. The van der Waals surface area contributed by atoms with E-state index in [1.54, 1.807) is 0 Å². The second-order valence-corrected chi connectivity index (χ2v) is 5.82. The highest BCUT2D eigenvalue weighted by molar-refractivity contribution is 5.85. The summed E-state index contributed by atoms with van der Waals surface area (Å²) in [6.07, 6.45) is 2.16. The number of halogens is 1. The number of aromatic nitrogens is 2. The number of hydrogen-bond acceptors (Lipinski definition) is 1. The van der Waals surface area contributed by atoms with Crippen LogP contribution in [0.3, 0.4) is 0 Å². The second-order valence-electron chi connectivity index (χ2n) is 5.82. The smallest absolute Gasteiger partial charge is 0.138 e. The van der Waals surface area contributed by atoms with E-state index in [2.05, 4.69) is 84.3 Å². The van der Waals surface area contributed by atoms with Gasteiger partial charge in [-0.2, -0.15) is 0 Å². The van der Waals surface area contributed by atoms with Gasteiger partial charge in [0.05, 0.1) is 11.0 Å². The molecule has 1 aromatic heterocycles. The van der Waals surface area contributed by atoms with Crippen LogP contribution >= 0.6 is 12.4 Å². The predicted octanol–water partition coefficient (Wildman–Crippen LogP) is 6.01. The Labute approximate surface area is 153 Å². The lowest BCUT2D eigenvalue weighted by Crippen LogP contribution is -1.97. The van der Waals surface area contributed by atoms with Crippen molar-refractivity contribution in [3.05, 3.63) is 96.3 Å². The molecule has 0 saturated heterocycles. The van der Waals surface area contributed by atoms with Gasteiger partial charge in [-0.1, -0.05) is 60.7 Å². The normalized spacial score (nSPS) is 11.3. The van der Waals surface area contributed by atoms with Crippen LogP contribution < -0.4 is 0 Å². The molecule has 3 heteroatoms. The number of rotatable bonds is 3. The molecule has 1 heterocycles. The second kappa shape index (κ2) is 7.37. The Kier molecular flexibility index (Phi) is 5.01. The molecule has 0 fully saturated rings. The van der Waals surface area contributed by atoms with E-state index in [1.807, 2.05) is 18.2 Å². The minimum atomic E-state index is 0. The van der Waals surface area contributed by atoms with Crippen molar-refractivity contribution in [1.82, 2.24) is 9.55 Å². The maximum absolute atomic E-state index is 4.84. The van der Waals surface area contributed by atoms with E-state index in [0.717, 1.165) is 22.5 Å². The highest BCUT2D eigenvalue weighted by atomic mass is 35.5. The van der Waals surface area contributed by atoms with E-state index in [1.165, 1.54) is 11.1 Å². The van der Waals surface area contributed by atoms with Crippen molar-refractivity contribution in [2.45, 2.75) is 6.92 Å². The van der Waals surface area contributed by atoms with Gasteiger partial charge in [0.2, 0.25) is 0 Å². The van der Waals surface area contributed by atoms with Crippen LogP contribution in [0, 0.1) is 0 Å². The summed E-state index contributed by atoms with van der Waals surface area (Å²) in [7, 11) is 0.